The van der Waals surface area contributed by atoms with Gasteiger partial charge in [-0.25, -0.2) is 0 Å². The highest BCUT2D eigenvalue weighted by Gasteiger charge is 2.19. The van der Waals surface area contributed by atoms with E-state index in [1.54, 1.807) is 0 Å². The van der Waals surface area contributed by atoms with E-state index >= 15 is 0 Å². The summed E-state index contributed by atoms with van der Waals surface area (Å²) in [4.78, 5) is 12.1. The average Bonchev–Trinajstić information content (AvgIpc) is 2.92. The van der Waals surface area contributed by atoms with Crippen LogP contribution in [0.4, 0.5) is 0 Å². The van der Waals surface area contributed by atoms with Gasteiger partial charge in [0.15, 0.2) is 5.78 Å². The molecule has 0 unspecified atom stereocenters. The van der Waals surface area contributed by atoms with Gasteiger partial charge in [-0.2, -0.15) is 5.10 Å². The topological polar surface area (TPSA) is 34.9 Å². The molecule has 0 radical (unpaired) electrons. The van der Waals surface area contributed by atoms with E-state index in [9.17, 15) is 4.79 Å². The van der Waals surface area contributed by atoms with Gasteiger partial charge in [0.05, 0.1) is 22.3 Å². The molecular formula is C13H17BrN2O. The molecular weight excluding hydrogens is 280 g/mol. The first-order valence-electron chi connectivity index (χ1n) is 6.07. The van der Waals surface area contributed by atoms with Crippen molar-refractivity contribution in [3.05, 3.63) is 27.5 Å². The number of nitrogens with zero attached hydrogens (tertiary/aromatic N) is 2. The molecule has 0 spiro atoms. The van der Waals surface area contributed by atoms with Crippen molar-refractivity contribution in [2.24, 2.45) is 0 Å². The van der Waals surface area contributed by atoms with Crippen LogP contribution in [0.2, 0.25) is 0 Å². The summed E-state index contributed by atoms with van der Waals surface area (Å²) in [7, 11) is 0. The van der Waals surface area contributed by atoms with Gasteiger partial charge in [0.25, 0.3) is 0 Å². The second-order valence-corrected chi connectivity index (χ2v) is 5.18. The van der Waals surface area contributed by atoms with E-state index in [0.717, 1.165) is 47.2 Å². The minimum absolute atomic E-state index is 0.248. The average molecular weight is 297 g/mol. The van der Waals surface area contributed by atoms with E-state index in [1.807, 2.05) is 18.5 Å². The zero-order valence-electron chi connectivity index (χ0n) is 10.3. The van der Waals surface area contributed by atoms with Crippen molar-refractivity contribution in [3.63, 3.8) is 0 Å². The first-order chi connectivity index (χ1) is 8.13. The molecule has 0 saturated carbocycles. The van der Waals surface area contributed by atoms with Crippen LogP contribution >= 0.6 is 15.9 Å². The molecule has 1 aromatic heterocycles. The van der Waals surface area contributed by atoms with Gasteiger partial charge in [-0.3, -0.25) is 9.48 Å². The van der Waals surface area contributed by atoms with Crippen LogP contribution in [0, 0.1) is 6.92 Å². The van der Waals surface area contributed by atoms with E-state index in [0.29, 0.717) is 6.42 Å². The maximum atomic E-state index is 12.1. The predicted molar refractivity (Wildman–Crippen MR) is 71.0 cm³/mol. The van der Waals surface area contributed by atoms with Crippen LogP contribution < -0.4 is 0 Å². The number of aryl methyl sites for hydroxylation is 2. The number of aromatic nitrogens is 2. The fourth-order valence-corrected chi connectivity index (χ4v) is 2.65. The molecule has 0 aromatic carbocycles. The molecule has 0 saturated heterocycles. The molecule has 1 aliphatic carbocycles. The van der Waals surface area contributed by atoms with Crippen LogP contribution in [-0.4, -0.2) is 15.6 Å². The van der Waals surface area contributed by atoms with Crippen LogP contribution in [0.1, 0.15) is 37.6 Å². The summed E-state index contributed by atoms with van der Waals surface area (Å²) in [5.74, 6) is 0.248. The van der Waals surface area contributed by atoms with E-state index in [2.05, 4.69) is 27.1 Å². The zero-order valence-corrected chi connectivity index (χ0v) is 11.9. The molecule has 2 rings (SSSR count). The lowest BCUT2D eigenvalue weighted by Crippen LogP contribution is -2.11. The standard InChI is InChI=1S/C13H17BrN2O/c1-3-16-11(13(14)9(2)15-16)8-12(17)10-6-4-5-7-10/h6H,3-5,7-8H2,1-2H3. The lowest BCUT2D eigenvalue weighted by atomic mass is 10.1. The van der Waals surface area contributed by atoms with E-state index in [1.165, 1.54) is 0 Å². The molecule has 1 heterocycles. The van der Waals surface area contributed by atoms with Crippen LogP contribution in [0.15, 0.2) is 16.1 Å². The maximum Gasteiger partial charge on any atom is 0.164 e. The monoisotopic (exact) mass is 296 g/mol. The van der Waals surface area contributed by atoms with Gasteiger partial charge in [0, 0.05) is 6.54 Å². The first kappa shape index (κ1) is 12.6. The molecule has 4 heteroatoms. The number of Topliss-reactive ketones (excluding diaryl/α,β-unsaturated/α-hetero) is 1. The van der Waals surface area contributed by atoms with E-state index in [4.69, 9.17) is 0 Å². The first-order valence-corrected chi connectivity index (χ1v) is 6.86. The Morgan fingerprint density at radius 3 is 2.94 bits per heavy atom. The van der Waals surface area contributed by atoms with Crippen molar-refractivity contribution in [3.8, 4) is 0 Å². The predicted octanol–water partition coefficient (Wildman–Crippen LogP) is 3.20. The molecule has 92 valence electrons. The van der Waals surface area contributed by atoms with Gasteiger partial charge in [-0.15, -0.1) is 0 Å². The van der Waals surface area contributed by atoms with Crippen molar-refractivity contribution in [1.29, 1.82) is 0 Å². The van der Waals surface area contributed by atoms with Crippen molar-refractivity contribution < 1.29 is 4.79 Å². The number of carbonyl (C=O) groups excluding carboxylic acids is 1. The number of allylic oxidation sites excluding steroid dienone is 2. The number of carbonyl (C=O) groups is 1. The summed E-state index contributed by atoms with van der Waals surface area (Å²) >= 11 is 3.52. The molecule has 0 aliphatic heterocycles. The second kappa shape index (κ2) is 5.17. The van der Waals surface area contributed by atoms with Crippen LogP contribution in [0.25, 0.3) is 0 Å². The zero-order chi connectivity index (χ0) is 12.4. The van der Waals surface area contributed by atoms with E-state index in [-0.39, 0.29) is 5.78 Å². The number of hydrogen-bond acceptors (Lipinski definition) is 2. The third-order valence-corrected chi connectivity index (χ3v) is 4.21. The lowest BCUT2D eigenvalue weighted by molar-refractivity contribution is -0.115. The Bertz CT molecular complexity index is 474. The quantitative estimate of drug-likeness (QED) is 0.855. The summed E-state index contributed by atoms with van der Waals surface area (Å²) in [6.07, 6.45) is 5.65. The van der Waals surface area contributed by atoms with Crippen LogP contribution in [0.3, 0.4) is 0 Å². The highest BCUT2D eigenvalue weighted by atomic mass is 79.9. The smallest absolute Gasteiger partial charge is 0.164 e. The lowest BCUT2D eigenvalue weighted by Gasteiger charge is -2.05. The van der Waals surface area contributed by atoms with Gasteiger partial charge in [-0.05, 0) is 54.6 Å². The maximum absolute atomic E-state index is 12.1. The van der Waals surface area contributed by atoms with Crippen molar-refractivity contribution in [1.82, 2.24) is 9.78 Å². The number of halogens is 1. The molecule has 0 bridgehead atoms. The van der Waals surface area contributed by atoms with E-state index < -0.39 is 0 Å². The van der Waals surface area contributed by atoms with Crippen LogP contribution in [0.5, 0.6) is 0 Å². The largest absolute Gasteiger partial charge is 0.294 e. The molecule has 1 aliphatic rings. The third kappa shape index (κ3) is 2.51. The highest BCUT2D eigenvalue weighted by molar-refractivity contribution is 9.10. The van der Waals surface area contributed by atoms with Gasteiger partial charge >= 0.3 is 0 Å². The Kier molecular flexibility index (Phi) is 3.82. The molecule has 0 amide bonds. The fourth-order valence-electron chi connectivity index (χ4n) is 2.23. The minimum Gasteiger partial charge on any atom is -0.294 e. The Balaban J connectivity index is 2.20. The Hall–Kier alpha value is -0.900. The van der Waals surface area contributed by atoms with Crippen LogP contribution in [-0.2, 0) is 17.8 Å². The molecule has 3 nitrogen and oxygen atoms in total. The molecule has 17 heavy (non-hydrogen) atoms. The number of hydrogen-bond donors (Lipinski definition) is 0. The number of rotatable bonds is 4. The number of ketones is 1. The summed E-state index contributed by atoms with van der Waals surface area (Å²) in [5, 5.41) is 4.41. The molecule has 1 aromatic rings. The molecule has 0 atom stereocenters. The van der Waals surface area contributed by atoms with Crippen molar-refractivity contribution in [2.45, 2.75) is 46.1 Å². The minimum atomic E-state index is 0.248. The van der Waals surface area contributed by atoms with Gasteiger partial charge in [-0.1, -0.05) is 6.08 Å². The van der Waals surface area contributed by atoms with Gasteiger partial charge in [0.2, 0.25) is 0 Å². The Morgan fingerprint density at radius 2 is 2.35 bits per heavy atom. The highest BCUT2D eigenvalue weighted by Crippen LogP contribution is 2.25. The normalized spacial score (nSPS) is 15.1. The van der Waals surface area contributed by atoms with Crippen molar-refractivity contribution >= 4 is 21.7 Å². The fraction of sp³-hybridized carbons (Fsp3) is 0.538. The summed E-state index contributed by atoms with van der Waals surface area (Å²) in [6.45, 7) is 4.80. The SMILES string of the molecule is CCn1nc(C)c(Br)c1CC(=O)C1=CCCC1. The molecule has 0 N–H and O–H groups in total. The third-order valence-electron chi connectivity index (χ3n) is 3.18. The second-order valence-electron chi connectivity index (χ2n) is 4.38. The Morgan fingerprint density at radius 1 is 1.59 bits per heavy atom. The summed E-state index contributed by atoms with van der Waals surface area (Å²) < 4.78 is 2.89. The van der Waals surface area contributed by atoms with Crippen molar-refractivity contribution in [2.75, 3.05) is 0 Å². The molecule has 0 fully saturated rings. The van der Waals surface area contributed by atoms with Gasteiger partial charge in [0.1, 0.15) is 0 Å². The summed E-state index contributed by atoms with van der Waals surface area (Å²) in [6, 6.07) is 0. The summed E-state index contributed by atoms with van der Waals surface area (Å²) in [5.41, 5.74) is 2.95. The van der Waals surface area contributed by atoms with Gasteiger partial charge < -0.3 is 0 Å². The Labute approximate surface area is 110 Å².